The van der Waals surface area contributed by atoms with E-state index in [0.29, 0.717) is 13.0 Å². The molecule has 1 heterocycles. The maximum Gasteiger partial charge on any atom is 0.323 e. The third kappa shape index (κ3) is 3.05. The number of nitrogens with zero attached hydrogens (tertiary/aromatic N) is 2. The predicted molar refractivity (Wildman–Crippen MR) is 76.7 cm³/mol. The standard InChI is InChI=1S/C15H19N3O2/c1-3-15(2,14(19)20)16-11-12-5-7-13(8-6-12)18-10-4-9-17-18/h4-10,16H,3,11H2,1-2H3,(H,19,20). The maximum atomic E-state index is 11.2. The third-order valence-corrected chi connectivity index (χ3v) is 3.57. The summed E-state index contributed by atoms with van der Waals surface area (Å²) < 4.78 is 1.78. The molecule has 0 bridgehead atoms. The van der Waals surface area contributed by atoms with Crippen molar-refractivity contribution < 1.29 is 9.90 Å². The monoisotopic (exact) mass is 273 g/mol. The summed E-state index contributed by atoms with van der Waals surface area (Å²) in [6.45, 7) is 4.09. The number of rotatable bonds is 6. The molecule has 1 unspecified atom stereocenters. The Hall–Kier alpha value is -2.14. The summed E-state index contributed by atoms with van der Waals surface area (Å²) in [5.74, 6) is -0.826. The Bertz CT molecular complexity index is 563. The Morgan fingerprint density at radius 1 is 1.40 bits per heavy atom. The molecule has 0 saturated carbocycles. The Kier molecular flexibility index (Phi) is 4.20. The van der Waals surface area contributed by atoms with E-state index in [0.717, 1.165) is 11.3 Å². The molecule has 1 aromatic carbocycles. The molecule has 2 aromatic rings. The van der Waals surface area contributed by atoms with Gasteiger partial charge in [0.2, 0.25) is 0 Å². The van der Waals surface area contributed by atoms with Gasteiger partial charge in [-0.3, -0.25) is 10.1 Å². The van der Waals surface area contributed by atoms with Crippen molar-refractivity contribution >= 4 is 5.97 Å². The molecule has 0 aliphatic heterocycles. The van der Waals surface area contributed by atoms with Gasteiger partial charge in [-0.15, -0.1) is 0 Å². The zero-order chi connectivity index (χ0) is 14.6. The summed E-state index contributed by atoms with van der Waals surface area (Å²) in [4.78, 5) is 11.2. The van der Waals surface area contributed by atoms with Crippen LogP contribution in [-0.2, 0) is 11.3 Å². The fourth-order valence-electron chi connectivity index (χ4n) is 1.84. The molecule has 1 aromatic heterocycles. The predicted octanol–water partition coefficient (Wildman–Crippen LogP) is 2.22. The van der Waals surface area contributed by atoms with Gasteiger partial charge < -0.3 is 5.11 Å². The van der Waals surface area contributed by atoms with Crippen molar-refractivity contribution in [3.8, 4) is 5.69 Å². The van der Waals surface area contributed by atoms with Crippen LogP contribution in [0.3, 0.4) is 0 Å². The lowest BCUT2D eigenvalue weighted by Crippen LogP contribution is -2.48. The quantitative estimate of drug-likeness (QED) is 0.847. The SMILES string of the molecule is CCC(C)(NCc1ccc(-n2cccn2)cc1)C(=O)O. The van der Waals surface area contributed by atoms with Crippen molar-refractivity contribution in [2.24, 2.45) is 0 Å². The van der Waals surface area contributed by atoms with E-state index in [1.54, 1.807) is 17.8 Å². The van der Waals surface area contributed by atoms with Crippen LogP contribution in [0.25, 0.3) is 5.69 Å². The molecule has 2 rings (SSSR count). The second kappa shape index (κ2) is 5.88. The van der Waals surface area contributed by atoms with Crippen LogP contribution >= 0.6 is 0 Å². The molecule has 0 amide bonds. The van der Waals surface area contributed by atoms with Gasteiger partial charge in [-0.2, -0.15) is 5.10 Å². The van der Waals surface area contributed by atoms with Gasteiger partial charge >= 0.3 is 5.97 Å². The lowest BCUT2D eigenvalue weighted by atomic mass is 9.99. The molecular formula is C15H19N3O2. The summed E-state index contributed by atoms with van der Waals surface area (Å²) in [6, 6.07) is 9.75. The van der Waals surface area contributed by atoms with E-state index in [1.807, 2.05) is 43.5 Å². The first-order valence-corrected chi connectivity index (χ1v) is 6.62. The highest BCUT2D eigenvalue weighted by molar-refractivity contribution is 5.78. The molecule has 1 atom stereocenters. The Morgan fingerprint density at radius 3 is 2.60 bits per heavy atom. The maximum absolute atomic E-state index is 11.2. The number of carboxylic acid groups (broad SMARTS) is 1. The molecule has 20 heavy (non-hydrogen) atoms. The molecule has 0 radical (unpaired) electrons. The van der Waals surface area contributed by atoms with E-state index >= 15 is 0 Å². The average molecular weight is 273 g/mol. The van der Waals surface area contributed by atoms with Crippen LogP contribution in [0.5, 0.6) is 0 Å². The molecule has 0 aliphatic carbocycles. The highest BCUT2D eigenvalue weighted by Gasteiger charge is 2.29. The van der Waals surface area contributed by atoms with E-state index in [2.05, 4.69) is 10.4 Å². The molecule has 0 fully saturated rings. The smallest absolute Gasteiger partial charge is 0.323 e. The van der Waals surface area contributed by atoms with E-state index < -0.39 is 11.5 Å². The normalized spacial score (nSPS) is 13.9. The van der Waals surface area contributed by atoms with Gasteiger partial charge in [0.1, 0.15) is 5.54 Å². The second-order valence-corrected chi connectivity index (χ2v) is 4.96. The Morgan fingerprint density at radius 2 is 2.10 bits per heavy atom. The van der Waals surface area contributed by atoms with Crippen molar-refractivity contribution in [3.63, 3.8) is 0 Å². The zero-order valence-electron chi connectivity index (χ0n) is 11.7. The molecule has 0 saturated heterocycles. The van der Waals surface area contributed by atoms with Crippen LogP contribution in [0.4, 0.5) is 0 Å². The van der Waals surface area contributed by atoms with Crippen LogP contribution in [-0.4, -0.2) is 26.4 Å². The van der Waals surface area contributed by atoms with Crippen LogP contribution < -0.4 is 5.32 Å². The average Bonchev–Trinajstić information content (AvgIpc) is 2.99. The summed E-state index contributed by atoms with van der Waals surface area (Å²) in [6.07, 6.45) is 4.15. The highest BCUT2D eigenvalue weighted by atomic mass is 16.4. The number of carboxylic acids is 1. The number of hydrogen-bond donors (Lipinski definition) is 2. The van der Waals surface area contributed by atoms with Gasteiger partial charge in [0.15, 0.2) is 0 Å². The zero-order valence-corrected chi connectivity index (χ0v) is 11.7. The Labute approximate surface area is 118 Å². The van der Waals surface area contributed by atoms with E-state index in [1.165, 1.54) is 0 Å². The largest absolute Gasteiger partial charge is 0.480 e. The summed E-state index contributed by atoms with van der Waals surface area (Å²) in [5.41, 5.74) is 1.14. The van der Waals surface area contributed by atoms with Gasteiger partial charge in [-0.05, 0) is 37.1 Å². The van der Waals surface area contributed by atoms with Gasteiger partial charge in [-0.25, -0.2) is 4.68 Å². The number of hydrogen-bond acceptors (Lipinski definition) is 3. The molecule has 5 heteroatoms. The van der Waals surface area contributed by atoms with Crippen molar-refractivity contribution in [1.29, 1.82) is 0 Å². The molecule has 106 valence electrons. The summed E-state index contributed by atoms with van der Waals surface area (Å²) in [5, 5.41) is 16.5. The first kappa shape index (κ1) is 14.3. The van der Waals surface area contributed by atoms with Crippen molar-refractivity contribution in [2.45, 2.75) is 32.4 Å². The second-order valence-electron chi connectivity index (χ2n) is 4.96. The number of carbonyl (C=O) groups is 1. The number of aliphatic carboxylic acids is 1. The molecule has 0 aliphatic rings. The third-order valence-electron chi connectivity index (χ3n) is 3.57. The van der Waals surface area contributed by atoms with E-state index in [4.69, 9.17) is 0 Å². The van der Waals surface area contributed by atoms with Crippen LogP contribution in [0.15, 0.2) is 42.7 Å². The van der Waals surface area contributed by atoms with E-state index in [-0.39, 0.29) is 0 Å². The number of nitrogens with one attached hydrogen (secondary N) is 1. The Balaban J connectivity index is 2.03. The lowest BCUT2D eigenvalue weighted by Gasteiger charge is -2.24. The van der Waals surface area contributed by atoms with Gasteiger partial charge in [-0.1, -0.05) is 19.1 Å². The number of benzene rings is 1. The van der Waals surface area contributed by atoms with Crippen molar-refractivity contribution in [2.75, 3.05) is 0 Å². The van der Waals surface area contributed by atoms with Gasteiger partial charge in [0.05, 0.1) is 5.69 Å². The van der Waals surface area contributed by atoms with Crippen LogP contribution in [0.2, 0.25) is 0 Å². The van der Waals surface area contributed by atoms with Crippen LogP contribution in [0.1, 0.15) is 25.8 Å². The fourth-order valence-corrected chi connectivity index (χ4v) is 1.84. The molecule has 2 N–H and O–H groups in total. The van der Waals surface area contributed by atoms with Crippen LogP contribution in [0, 0.1) is 0 Å². The van der Waals surface area contributed by atoms with E-state index in [9.17, 15) is 9.90 Å². The minimum absolute atomic E-state index is 0.524. The molecule has 5 nitrogen and oxygen atoms in total. The molecule has 0 spiro atoms. The minimum Gasteiger partial charge on any atom is -0.480 e. The van der Waals surface area contributed by atoms with Crippen molar-refractivity contribution in [1.82, 2.24) is 15.1 Å². The first-order valence-electron chi connectivity index (χ1n) is 6.62. The molecular weight excluding hydrogens is 254 g/mol. The summed E-state index contributed by atoms with van der Waals surface area (Å²) in [7, 11) is 0. The van der Waals surface area contributed by atoms with Gasteiger partial charge in [0.25, 0.3) is 0 Å². The van der Waals surface area contributed by atoms with Gasteiger partial charge in [0, 0.05) is 18.9 Å². The minimum atomic E-state index is -0.888. The van der Waals surface area contributed by atoms with Crippen molar-refractivity contribution in [3.05, 3.63) is 48.3 Å². The first-order chi connectivity index (χ1) is 9.55. The highest BCUT2D eigenvalue weighted by Crippen LogP contribution is 2.13. The lowest BCUT2D eigenvalue weighted by molar-refractivity contribution is -0.144. The number of aromatic nitrogens is 2. The summed E-state index contributed by atoms with van der Waals surface area (Å²) >= 11 is 0. The topological polar surface area (TPSA) is 67.2 Å². The fraction of sp³-hybridized carbons (Fsp3) is 0.333.